The molecule has 1 unspecified atom stereocenters. The third kappa shape index (κ3) is 3.53. The number of pyridine rings is 1. The number of rotatable bonds is 2. The number of hydrogen-bond acceptors (Lipinski definition) is 3. The number of aromatic nitrogens is 1. The zero-order valence-corrected chi connectivity index (χ0v) is 11.1. The summed E-state index contributed by atoms with van der Waals surface area (Å²) in [6.07, 6.45) is 6.41. The smallest absolute Gasteiger partial charge is 0.312 e. The summed E-state index contributed by atoms with van der Waals surface area (Å²) >= 11 is 0. The lowest BCUT2D eigenvalue weighted by Crippen LogP contribution is -2.48. The van der Waals surface area contributed by atoms with Gasteiger partial charge in [-0.15, -0.1) is 0 Å². The molecular formula is C14H19N3O2. The highest BCUT2D eigenvalue weighted by Crippen LogP contribution is 2.16. The highest BCUT2D eigenvalue weighted by molar-refractivity contribution is 6.35. The summed E-state index contributed by atoms with van der Waals surface area (Å²) in [5, 5.41) is 2.66. The first-order chi connectivity index (χ1) is 9.18. The van der Waals surface area contributed by atoms with Gasteiger partial charge < -0.3 is 10.2 Å². The molecule has 102 valence electrons. The maximum Gasteiger partial charge on any atom is 0.312 e. The van der Waals surface area contributed by atoms with Crippen LogP contribution in [0.4, 0.5) is 0 Å². The van der Waals surface area contributed by atoms with Crippen LogP contribution < -0.4 is 5.32 Å². The molecule has 1 N–H and O–H groups in total. The van der Waals surface area contributed by atoms with Crippen LogP contribution in [0.15, 0.2) is 24.5 Å². The van der Waals surface area contributed by atoms with Crippen molar-refractivity contribution in [3.05, 3.63) is 30.1 Å². The molecule has 1 saturated heterocycles. The lowest BCUT2D eigenvalue weighted by Gasteiger charge is -2.32. The standard InChI is InChI=1S/C14H19N3O2/c1-11-4-2-3-9-17(11)14(19)13(18)16-10-12-5-7-15-8-6-12/h5-8,11H,2-4,9-10H2,1H3,(H,16,18). The van der Waals surface area contributed by atoms with Crippen molar-refractivity contribution in [2.24, 2.45) is 0 Å². The molecule has 0 aromatic carbocycles. The maximum absolute atomic E-state index is 12.0. The summed E-state index contributed by atoms with van der Waals surface area (Å²) in [4.78, 5) is 29.4. The molecule has 0 aliphatic carbocycles. The minimum absolute atomic E-state index is 0.160. The molecule has 0 radical (unpaired) electrons. The van der Waals surface area contributed by atoms with Crippen LogP contribution in [-0.4, -0.2) is 34.3 Å². The Morgan fingerprint density at radius 1 is 1.37 bits per heavy atom. The number of nitrogens with one attached hydrogen (secondary N) is 1. The van der Waals surface area contributed by atoms with Crippen LogP contribution in [0.1, 0.15) is 31.7 Å². The average Bonchev–Trinajstić information content (AvgIpc) is 2.45. The molecule has 19 heavy (non-hydrogen) atoms. The van der Waals surface area contributed by atoms with Gasteiger partial charge >= 0.3 is 11.8 Å². The van der Waals surface area contributed by atoms with Crippen molar-refractivity contribution in [2.75, 3.05) is 6.54 Å². The van der Waals surface area contributed by atoms with Crippen LogP contribution in [0.5, 0.6) is 0 Å². The van der Waals surface area contributed by atoms with E-state index in [2.05, 4.69) is 10.3 Å². The Labute approximate surface area is 113 Å². The lowest BCUT2D eigenvalue weighted by atomic mass is 10.0. The van der Waals surface area contributed by atoms with E-state index in [1.165, 1.54) is 0 Å². The van der Waals surface area contributed by atoms with Gasteiger partial charge in [-0.05, 0) is 43.9 Å². The van der Waals surface area contributed by atoms with E-state index in [4.69, 9.17) is 0 Å². The second-order valence-corrected chi connectivity index (χ2v) is 4.88. The fraction of sp³-hybridized carbons (Fsp3) is 0.500. The number of hydrogen-bond donors (Lipinski definition) is 1. The highest BCUT2D eigenvalue weighted by atomic mass is 16.2. The number of carbonyl (C=O) groups is 2. The third-order valence-electron chi connectivity index (χ3n) is 3.46. The van der Waals surface area contributed by atoms with Crippen LogP contribution in [-0.2, 0) is 16.1 Å². The first kappa shape index (κ1) is 13.5. The number of carbonyl (C=O) groups excluding carboxylic acids is 2. The fourth-order valence-corrected chi connectivity index (χ4v) is 2.29. The molecule has 2 rings (SSSR count). The Kier molecular flexibility index (Phi) is 4.49. The predicted molar refractivity (Wildman–Crippen MR) is 71.1 cm³/mol. The number of nitrogens with zero attached hydrogens (tertiary/aromatic N) is 2. The summed E-state index contributed by atoms with van der Waals surface area (Å²) in [6, 6.07) is 3.79. The molecule has 1 atom stereocenters. The van der Waals surface area contributed by atoms with Crippen LogP contribution in [0, 0.1) is 0 Å². The molecule has 0 spiro atoms. The van der Waals surface area contributed by atoms with Gasteiger partial charge in [-0.3, -0.25) is 14.6 Å². The fourth-order valence-electron chi connectivity index (χ4n) is 2.29. The molecule has 0 saturated carbocycles. The molecule has 1 aliphatic heterocycles. The monoisotopic (exact) mass is 261 g/mol. The van der Waals surface area contributed by atoms with E-state index in [1.807, 2.05) is 19.1 Å². The van der Waals surface area contributed by atoms with Gasteiger partial charge in [0.1, 0.15) is 0 Å². The molecular weight excluding hydrogens is 242 g/mol. The molecule has 1 aliphatic rings. The van der Waals surface area contributed by atoms with Crippen molar-refractivity contribution in [3.8, 4) is 0 Å². The van der Waals surface area contributed by atoms with Gasteiger partial charge in [0.25, 0.3) is 0 Å². The Bertz CT molecular complexity index is 447. The third-order valence-corrected chi connectivity index (χ3v) is 3.46. The van der Waals surface area contributed by atoms with Crippen LogP contribution >= 0.6 is 0 Å². The van der Waals surface area contributed by atoms with E-state index in [1.54, 1.807) is 17.3 Å². The average molecular weight is 261 g/mol. The Balaban J connectivity index is 1.87. The predicted octanol–water partition coefficient (Wildman–Crippen LogP) is 1.10. The van der Waals surface area contributed by atoms with Crippen molar-refractivity contribution in [2.45, 2.75) is 38.8 Å². The first-order valence-corrected chi connectivity index (χ1v) is 6.66. The van der Waals surface area contributed by atoms with Crippen molar-refractivity contribution in [1.82, 2.24) is 15.2 Å². The van der Waals surface area contributed by atoms with E-state index in [0.717, 1.165) is 24.8 Å². The minimum atomic E-state index is -0.523. The second kappa shape index (κ2) is 6.31. The minimum Gasteiger partial charge on any atom is -0.344 e. The van der Waals surface area contributed by atoms with Gasteiger partial charge in [0.15, 0.2) is 0 Å². The Morgan fingerprint density at radius 2 is 2.11 bits per heavy atom. The molecule has 0 bridgehead atoms. The van der Waals surface area contributed by atoms with Gasteiger partial charge in [-0.1, -0.05) is 0 Å². The van der Waals surface area contributed by atoms with Crippen LogP contribution in [0.25, 0.3) is 0 Å². The zero-order valence-electron chi connectivity index (χ0n) is 11.1. The molecule has 5 heteroatoms. The number of amides is 2. The topological polar surface area (TPSA) is 62.3 Å². The first-order valence-electron chi connectivity index (χ1n) is 6.66. The quantitative estimate of drug-likeness (QED) is 0.811. The zero-order chi connectivity index (χ0) is 13.7. The highest BCUT2D eigenvalue weighted by Gasteiger charge is 2.27. The van der Waals surface area contributed by atoms with Gasteiger partial charge in [-0.25, -0.2) is 0 Å². The lowest BCUT2D eigenvalue weighted by molar-refractivity contribution is -0.148. The van der Waals surface area contributed by atoms with E-state index >= 15 is 0 Å². The molecule has 5 nitrogen and oxygen atoms in total. The van der Waals surface area contributed by atoms with Gasteiger partial charge in [0, 0.05) is 31.5 Å². The number of likely N-dealkylation sites (tertiary alicyclic amines) is 1. The van der Waals surface area contributed by atoms with Crippen molar-refractivity contribution >= 4 is 11.8 Å². The van der Waals surface area contributed by atoms with Crippen molar-refractivity contribution in [3.63, 3.8) is 0 Å². The van der Waals surface area contributed by atoms with E-state index in [0.29, 0.717) is 13.1 Å². The summed E-state index contributed by atoms with van der Waals surface area (Å²) in [7, 11) is 0. The molecule has 1 aromatic rings. The van der Waals surface area contributed by atoms with Gasteiger partial charge in [-0.2, -0.15) is 0 Å². The largest absolute Gasteiger partial charge is 0.344 e. The van der Waals surface area contributed by atoms with Gasteiger partial charge in [0.2, 0.25) is 0 Å². The normalized spacial score (nSPS) is 19.0. The second-order valence-electron chi connectivity index (χ2n) is 4.88. The van der Waals surface area contributed by atoms with E-state index in [9.17, 15) is 9.59 Å². The molecule has 2 amide bonds. The van der Waals surface area contributed by atoms with E-state index < -0.39 is 11.8 Å². The van der Waals surface area contributed by atoms with Crippen molar-refractivity contribution < 1.29 is 9.59 Å². The number of piperidine rings is 1. The summed E-state index contributed by atoms with van der Waals surface area (Å²) in [6.45, 7) is 3.03. The molecule has 1 aromatic heterocycles. The van der Waals surface area contributed by atoms with E-state index in [-0.39, 0.29) is 6.04 Å². The van der Waals surface area contributed by atoms with Crippen molar-refractivity contribution in [1.29, 1.82) is 0 Å². The van der Waals surface area contributed by atoms with Crippen LogP contribution in [0.2, 0.25) is 0 Å². The Morgan fingerprint density at radius 3 is 2.79 bits per heavy atom. The molecule has 2 heterocycles. The van der Waals surface area contributed by atoms with Crippen LogP contribution in [0.3, 0.4) is 0 Å². The maximum atomic E-state index is 12.0. The SMILES string of the molecule is CC1CCCCN1C(=O)C(=O)NCc1ccncc1. The summed E-state index contributed by atoms with van der Waals surface area (Å²) in [5.41, 5.74) is 0.933. The Hall–Kier alpha value is -1.91. The summed E-state index contributed by atoms with van der Waals surface area (Å²) < 4.78 is 0. The molecule has 1 fully saturated rings. The van der Waals surface area contributed by atoms with Gasteiger partial charge in [0.05, 0.1) is 0 Å². The summed E-state index contributed by atoms with van der Waals surface area (Å²) in [5.74, 6) is -0.938.